The van der Waals surface area contributed by atoms with Gasteiger partial charge in [-0.2, -0.15) is 0 Å². The molecule has 0 bridgehead atoms. The molecule has 0 fully saturated rings. The number of rotatable bonds is 5. The molecule has 0 aromatic heterocycles. The Morgan fingerprint density at radius 1 is 0.541 bits per heavy atom. The van der Waals surface area contributed by atoms with Crippen LogP contribution in [0.25, 0.3) is 0 Å². The third kappa shape index (κ3) is 3.88. The van der Waals surface area contributed by atoms with Crippen molar-refractivity contribution in [3.8, 4) is 0 Å². The van der Waals surface area contributed by atoms with Crippen molar-refractivity contribution in [2.45, 2.75) is 83.0 Å². The van der Waals surface area contributed by atoms with Crippen molar-refractivity contribution in [1.29, 1.82) is 0 Å². The van der Waals surface area contributed by atoms with Crippen molar-refractivity contribution < 1.29 is 17.9 Å². The molecule has 0 spiro atoms. The Morgan fingerprint density at radius 2 is 0.892 bits per heavy atom. The standard InChI is InChI=1S/C33H39Si.2CH3.Ti/c1-20-17-21(2)19-30(18-20)34(31-22(3)13-11-14-23(31)4,32-24(5)15-12-16-25(32)6)33-28(9)26(7)27(8)29(33)10;;;/h11-19H,1-10H3;2*1H3;. The van der Waals surface area contributed by atoms with E-state index in [2.05, 4.69) is 134 Å². The molecule has 1 aliphatic carbocycles. The molecule has 0 radical (unpaired) electrons. The molecule has 4 rings (SSSR count). The second-order valence-corrected chi connectivity index (χ2v) is 20.8. The zero-order valence-corrected chi connectivity index (χ0v) is 27.8. The molecule has 0 saturated heterocycles. The Bertz CT molecular complexity index is 1310. The first-order valence-corrected chi connectivity index (χ1v) is 19.6. The fourth-order valence-electron chi connectivity index (χ4n) is 8.10. The van der Waals surface area contributed by atoms with Gasteiger partial charge in [0.15, 0.2) is 0 Å². The van der Waals surface area contributed by atoms with E-state index < -0.39 is 25.9 Å². The van der Waals surface area contributed by atoms with E-state index in [1.54, 1.807) is 26.7 Å². The monoisotopic (exact) mass is 541 g/mol. The Labute approximate surface area is 233 Å². The average Bonchev–Trinajstić information content (AvgIpc) is 2.98. The van der Waals surface area contributed by atoms with Crippen molar-refractivity contribution in [3.63, 3.8) is 0 Å². The van der Waals surface area contributed by atoms with Crippen molar-refractivity contribution in [3.05, 3.63) is 110 Å². The summed E-state index contributed by atoms with van der Waals surface area (Å²) >= 11 is -1.71. The van der Waals surface area contributed by atoms with E-state index in [0.717, 1.165) is 0 Å². The molecule has 37 heavy (non-hydrogen) atoms. The van der Waals surface area contributed by atoms with Crippen molar-refractivity contribution in [1.82, 2.24) is 0 Å². The van der Waals surface area contributed by atoms with Crippen molar-refractivity contribution >= 4 is 23.6 Å². The van der Waals surface area contributed by atoms with Gasteiger partial charge in [-0.15, -0.1) is 0 Å². The summed E-state index contributed by atoms with van der Waals surface area (Å²) in [5, 5.41) is 10.2. The number of benzene rings is 3. The molecule has 0 aliphatic heterocycles. The molecule has 0 heterocycles. The van der Waals surface area contributed by atoms with Crippen molar-refractivity contribution in [2.24, 2.45) is 0 Å². The summed E-state index contributed by atoms with van der Waals surface area (Å²) in [4.78, 5) is 0. The fourth-order valence-corrected chi connectivity index (χ4v) is 24.2. The number of hydrogen-bond acceptors (Lipinski definition) is 0. The normalized spacial score (nSPS) is 15.6. The number of hydrogen-bond donors (Lipinski definition) is 0. The van der Waals surface area contributed by atoms with Gasteiger partial charge in [0, 0.05) is 0 Å². The molecule has 2 heteroatoms. The van der Waals surface area contributed by atoms with Gasteiger partial charge in [0.2, 0.25) is 0 Å². The second-order valence-electron chi connectivity index (χ2n) is 11.9. The molecule has 0 unspecified atom stereocenters. The van der Waals surface area contributed by atoms with E-state index in [0.29, 0.717) is 0 Å². The summed E-state index contributed by atoms with van der Waals surface area (Å²) in [7, 11) is -2.70. The van der Waals surface area contributed by atoms with Crippen LogP contribution in [-0.2, 0) is 17.9 Å². The average molecular weight is 542 g/mol. The first kappa shape index (κ1) is 28.1. The first-order valence-electron chi connectivity index (χ1n) is 13.7. The predicted molar refractivity (Wildman–Crippen MR) is 164 cm³/mol. The molecule has 0 saturated carbocycles. The van der Waals surface area contributed by atoms with Crippen molar-refractivity contribution in [2.75, 3.05) is 0 Å². The third-order valence-electron chi connectivity index (χ3n) is 9.49. The van der Waals surface area contributed by atoms with Crippen LogP contribution in [0.4, 0.5) is 0 Å². The first-order chi connectivity index (χ1) is 17.3. The Balaban J connectivity index is 2.49. The van der Waals surface area contributed by atoms with Crippen LogP contribution in [-0.4, -0.2) is 8.07 Å². The summed E-state index contributed by atoms with van der Waals surface area (Å²) in [5.41, 5.74) is 14.9. The maximum absolute atomic E-state index is 2.70. The predicted octanol–water partition coefficient (Wildman–Crippen LogP) is 8.11. The zero-order chi connectivity index (χ0) is 27.4. The van der Waals surface area contributed by atoms with Crippen LogP contribution < -0.4 is 15.6 Å². The van der Waals surface area contributed by atoms with Crippen LogP contribution in [0.15, 0.2) is 76.9 Å². The molecule has 0 amide bonds. The van der Waals surface area contributed by atoms with Gasteiger partial charge in [-0.05, 0) is 0 Å². The van der Waals surface area contributed by atoms with Gasteiger partial charge in [-0.25, -0.2) is 0 Å². The second kappa shape index (κ2) is 9.99. The van der Waals surface area contributed by atoms with E-state index in [1.807, 2.05) is 0 Å². The number of aryl methyl sites for hydroxylation is 6. The Hall–Kier alpha value is -1.93. The minimum absolute atomic E-state index is 0.0924. The van der Waals surface area contributed by atoms with E-state index >= 15 is 0 Å². The van der Waals surface area contributed by atoms with E-state index in [9.17, 15) is 0 Å². The van der Waals surface area contributed by atoms with Crippen LogP contribution in [0, 0.1) is 41.5 Å². The van der Waals surface area contributed by atoms with E-state index in [4.69, 9.17) is 0 Å². The van der Waals surface area contributed by atoms with Gasteiger partial charge in [0.1, 0.15) is 0 Å². The Morgan fingerprint density at radius 3 is 1.22 bits per heavy atom. The van der Waals surface area contributed by atoms with Gasteiger partial charge in [0.25, 0.3) is 0 Å². The van der Waals surface area contributed by atoms with Crippen LogP contribution in [0.2, 0.25) is 13.8 Å². The van der Waals surface area contributed by atoms with Gasteiger partial charge in [-0.3, -0.25) is 0 Å². The quantitative estimate of drug-likeness (QED) is 0.226. The summed E-state index contributed by atoms with van der Waals surface area (Å²) in [5.74, 6) is 0. The van der Waals surface area contributed by atoms with E-state index in [-0.39, 0.29) is 3.34 Å². The third-order valence-corrected chi connectivity index (χ3v) is 22.9. The van der Waals surface area contributed by atoms with E-state index in [1.165, 1.54) is 44.5 Å². The molecule has 0 nitrogen and oxygen atoms in total. The van der Waals surface area contributed by atoms with Crippen LogP contribution in [0.5, 0.6) is 0 Å². The van der Waals surface area contributed by atoms with Gasteiger partial charge >= 0.3 is 235 Å². The SMILES string of the molecule is CC1=C(C)[C]([Ti]([CH3])[CH3])([Si](c2cc(C)cc(C)c2)(c2c(C)cccc2C)c2c(C)cccc2C)C(C)=C1C. The van der Waals surface area contributed by atoms with Gasteiger partial charge in [0.05, 0.1) is 0 Å². The molecule has 1 aliphatic rings. The molecule has 3 aromatic rings. The summed E-state index contributed by atoms with van der Waals surface area (Å²) < 4.78 is 0.0924. The molecular formula is C35H45SiTi. The van der Waals surface area contributed by atoms with Crippen LogP contribution in [0.3, 0.4) is 0 Å². The van der Waals surface area contributed by atoms with Gasteiger partial charge in [-0.1, -0.05) is 0 Å². The topological polar surface area (TPSA) is 0 Å². The molecule has 0 N–H and O–H groups in total. The zero-order valence-electron chi connectivity index (χ0n) is 25.2. The maximum atomic E-state index is 2.66. The summed E-state index contributed by atoms with van der Waals surface area (Å²) in [6.07, 6.45) is 0. The number of allylic oxidation sites excluding steroid dienone is 4. The molecular weight excluding hydrogens is 496 g/mol. The fraction of sp³-hybridized carbons (Fsp3) is 0.371. The molecule has 3 aromatic carbocycles. The summed E-state index contributed by atoms with van der Waals surface area (Å²) in [6.45, 7) is 23.9. The van der Waals surface area contributed by atoms with Crippen LogP contribution >= 0.6 is 0 Å². The van der Waals surface area contributed by atoms with Crippen LogP contribution in [0.1, 0.15) is 61.1 Å². The molecule has 193 valence electrons. The minimum atomic E-state index is -2.70. The van der Waals surface area contributed by atoms with Gasteiger partial charge < -0.3 is 0 Å². The molecule has 0 atom stereocenters. The Kier molecular flexibility index (Phi) is 7.58. The summed E-state index contributed by atoms with van der Waals surface area (Å²) in [6, 6.07) is 21.5.